The van der Waals surface area contributed by atoms with E-state index in [1.807, 2.05) is 0 Å². The Kier molecular flexibility index (Phi) is 22.7. The van der Waals surface area contributed by atoms with Gasteiger partial charge in [-0.25, -0.2) is 0 Å². The summed E-state index contributed by atoms with van der Waals surface area (Å²) in [4.78, 5) is 0. The second-order valence-electron chi connectivity index (χ2n) is 19.5. The topological polar surface area (TPSA) is 0 Å². The Labute approximate surface area is 530 Å². The Bertz CT molecular complexity index is 2660. The summed E-state index contributed by atoms with van der Waals surface area (Å²) in [6.45, 7) is 0. The van der Waals surface area contributed by atoms with Crippen LogP contribution in [0.2, 0.25) is 0 Å². The molecule has 0 heterocycles. The van der Waals surface area contributed by atoms with Crippen molar-refractivity contribution in [2.75, 3.05) is 0 Å². The molecule has 360 valence electrons. The van der Waals surface area contributed by atoms with Gasteiger partial charge in [0.2, 0.25) is 0 Å². The molecule has 12 rings (SSSR count). The van der Waals surface area contributed by atoms with Crippen LogP contribution in [0.4, 0.5) is 0 Å². The van der Waals surface area contributed by atoms with Crippen molar-refractivity contribution >= 4 is 84.0 Å². The molecule has 0 atom stereocenters. The van der Waals surface area contributed by atoms with Crippen molar-refractivity contribution in [1.29, 1.82) is 0 Å². The van der Waals surface area contributed by atoms with Crippen LogP contribution in [-0.2, 0) is 0 Å². The van der Waals surface area contributed by atoms with Gasteiger partial charge in [0.25, 0.3) is 0 Å². The summed E-state index contributed by atoms with van der Waals surface area (Å²) in [5.74, 6) is 0. The molecule has 0 aliphatic heterocycles. The average Bonchev–Trinajstić information content (AvgIpc) is 3.57. The zero-order valence-corrected chi connectivity index (χ0v) is 51.4. The molecular weight excluding hydrogens is 966 g/mol. The van der Waals surface area contributed by atoms with E-state index >= 15 is 0 Å². The smallest absolute Gasteiger partial charge is 0.195 e. The second-order valence-corrected chi connectivity index (χ2v) is 19.5. The van der Waals surface area contributed by atoms with Crippen LogP contribution in [0.25, 0.3) is 0 Å². The van der Waals surface area contributed by atoms with Crippen LogP contribution in [-0.4, -0.2) is 18.4 Å². The minimum absolute atomic E-state index is 0. The zero-order chi connectivity index (χ0) is 50.9. The molecule has 0 unspecified atom stereocenters. The van der Waals surface area contributed by atoms with Gasteiger partial charge in [0.05, 0.1) is 0 Å². The summed E-state index contributed by atoms with van der Waals surface area (Å²) in [5.41, 5.74) is 16.1. The van der Waals surface area contributed by atoms with Crippen molar-refractivity contribution in [1.82, 2.24) is 0 Å². The maximum atomic E-state index is 2.26. The summed E-state index contributed by atoms with van der Waals surface area (Å²) in [5, 5.41) is 0. The summed E-state index contributed by atoms with van der Waals surface area (Å²) in [6.07, 6.45) is -3.65. The van der Waals surface area contributed by atoms with E-state index in [1.165, 1.54) is 65.6 Å². The number of rotatable bonds is 12. The molecule has 0 N–H and O–H groups in total. The van der Waals surface area contributed by atoms with Crippen LogP contribution in [0.3, 0.4) is 0 Å². The molecule has 0 saturated heterocycles. The van der Waals surface area contributed by atoms with Gasteiger partial charge in [-0.2, -0.15) is 65.6 Å². The van der Waals surface area contributed by atoms with Crippen molar-refractivity contribution in [2.45, 2.75) is 0 Å². The first-order chi connectivity index (χ1) is 37.3. The maximum absolute atomic E-state index is 2.26. The van der Waals surface area contributed by atoms with Gasteiger partial charge in [-0.3, -0.25) is 0 Å². The SMILES string of the molecule is [Na+].[Na+].[Na+].c1ccc([B-](c2ccccc2)(c2ccccc2)c2ccccc2)cc1.c1ccc([B-](c2ccccc2)(c2ccccc2)c2ccccc2)cc1.c1ccc([B-](c2ccccc2)(c2ccccc2)c2ccccc2)cc1. The van der Waals surface area contributed by atoms with Crippen LogP contribution in [0.1, 0.15) is 0 Å². The first-order valence-electron chi connectivity index (χ1n) is 26.4. The monoisotopic (exact) mass is 1030 g/mol. The normalized spacial score (nSPS) is 10.8. The fourth-order valence-electron chi connectivity index (χ4n) is 12.4. The summed E-state index contributed by atoms with van der Waals surface area (Å²) in [7, 11) is 0. The third kappa shape index (κ3) is 12.6. The maximum Gasteiger partial charge on any atom is 1.00 e. The fourth-order valence-corrected chi connectivity index (χ4v) is 12.4. The van der Waals surface area contributed by atoms with Gasteiger partial charge >= 0.3 is 88.7 Å². The van der Waals surface area contributed by atoms with E-state index in [1.54, 1.807) is 0 Å². The van der Waals surface area contributed by atoms with Crippen molar-refractivity contribution < 1.29 is 88.7 Å². The quantitative estimate of drug-likeness (QED) is 0.154. The minimum Gasteiger partial charge on any atom is -0.195 e. The molecule has 0 saturated carbocycles. The van der Waals surface area contributed by atoms with Crippen LogP contribution in [0, 0.1) is 0 Å². The van der Waals surface area contributed by atoms with E-state index in [2.05, 4.69) is 364 Å². The first-order valence-corrected chi connectivity index (χ1v) is 26.4. The van der Waals surface area contributed by atoms with Crippen molar-refractivity contribution in [2.24, 2.45) is 0 Å². The fraction of sp³-hybridized carbons (Fsp3) is 0. The third-order valence-corrected chi connectivity index (χ3v) is 15.6. The van der Waals surface area contributed by atoms with Gasteiger partial charge in [-0.1, -0.05) is 364 Å². The van der Waals surface area contributed by atoms with Crippen LogP contribution in [0.15, 0.2) is 364 Å². The van der Waals surface area contributed by atoms with Crippen LogP contribution in [0.5, 0.6) is 0 Å². The Morgan fingerprint density at radius 3 is 0.231 bits per heavy atom. The number of benzene rings is 12. The predicted molar refractivity (Wildman–Crippen MR) is 330 cm³/mol. The molecule has 0 radical (unpaired) electrons. The van der Waals surface area contributed by atoms with Gasteiger partial charge in [0.1, 0.15) is 18.4 Å². The molecule has 6 heteroatoms. The molecule has 0 aliphatic carbocycles. The minimum atomic E-state index is -1.22. The van der Waals surface area contributed by atoms with E-state index < -0.39 is 18.4 Å². The van der Waals surface area contributed by atoms with Crippen LogP contribution >= 0.6 is 0 Å². The van der Waals surface area contributed by atoms with E-state index in [9.17, 15) is 0 Å². The van der Waals surface area contributed by atoms with E-state index in [0.717, 1.165) is 0 Å². The summed E-state index contributed by atoms with van der Waals surface area (Å²) < 4.78 is 0. The molecule has 0 bridgehead atoms. The summed E-state index contributed by atoms with van der Waals surface area (Å²) >= 11 is 0. The molecule has 0 fully saturated rings. The standard InChI is InChI=1S/3C24H20B.3Na/c3*1-5-13-21(14-6-1)25(22-15-7-2-8-16-22,23-17-9-3-10-18-23)24-19-11-4-12-20-24;;;/h3*1-20H;;;/q3*-1;3*+1. The second kappa shape index (κ2) is 29.7. The Morgan fingerprint density at radius 1 is 0.103 bits per heavy atom. The van der Waals surface area contributed by atoms with Crippen LogP contribution < -0.4 is 154 Å². The number of hydrogen-bond acceptors (Lipinski definition) is 0. The Morgan fingerprint density at radius 2 is 0.167 bits per heavy atom. The van der Waals surface area contributed by atoms with Crippen molar-refractivity contribution in [3.63, 3.8) is 0 Å². The Balaban J connectivity index is 0.000000166. The van der Waals surface area contributed by atoms with Gasteiger partial charge in [-0.15, -0.1) is 0 Å². The van der Waals surface area contributed by atoms with Crippen molar-refractivity contribution in [3.05, 3.63) is 364 Å². The van der Waals surface area contributed by atoms with E-state index in [4.69, 9.17) is 0 Å². The molecule has 0 nitrogen and oxygen atoms in total. The predicted octanol–water partition coefficient (Wildman–Crippen LogP) is 0.204. The molecule has 0 aromatic heterocycles. The zero-order valence-electron chi connectivity index (χ0n) is 45.4. The largest absolute Gasteiger partial charge is 1.00 e. The van der Waals surface area contributed by atoms with Gasteiger partial charge in [-0.05, 0) is 0 Å². The molecule has 12 aromatic carbocycles. The average molecular weight is 1030 g/mol. The number of hydrogen-bond donors (Lipinski definition) is 0. The summed E-state index contributed by atoms with van der Waals surface area (Å²) in [6, 6.07) is 131. The van der Waals surface area contributed by atoms with Gasteiger partial charge < -0.3 is 0 Å². The molecule has 0 aliphatic rings. The van der Waals surface area contributed by atoms with Crippen molar-refractivity contribution in [3.8, 4) is 0 Å². The first kappa shape index (κ1) is 59.5. The van der Waals surface area contributed by atoms with E-state index in [0.29, 0.717) is 0 Å². The molecule has 0 amide bonds. The van der Waals surface area contributed by atoms with Gasteiger partial charge in [0, 0.05) is 0 Å². The Hall–Kier alpha value is -6.17. The van der Waals surface area contributed by atoms with Gasteiger partial charge in [0.15, 0.2) is 0 Å². The third-order valence-electron chi connectivity index (χ3n) is 15.6. The molecule has 78 heavy (non-hydrogen) atoms. The van der Waals surface area contributed by atoms with E-state index in [-0.39, 0.29) is 88.7 Å². The molecule has 12 aromatic rings. The molecular formula is C72H60B3Na3. The molecule has 0 spiro atoms.